The zero-order valence-corrected chi connectivity index (χ0v) is 9.82. The molecule has 4 nitrogen and oxygen atoms in total. The number of piperidine rings is 1. The van der Waals surface area contributed by atoms with Crippen LogP contribution in [0.5, 0.6) is 0 Å². The summed E-state index contributed by atoms with van der Waals surface area (Å²) in [6.07, 6.45) is 2.13. The highest BCUT2D eigenvalue weighted by molar-refractivity contribution is 6.29. The normalized spacial score (nSPS) is 17.2. The molecule has 1 aliphatic rings. The molecule has 2 heterocycles. The van der Waals surface area contributed by atoms with Crippen molar-refractivity contribution in [1.29, 1.82) is 0 Å². The molecular weight excluding hydrogens is 247 g/mol. The fraction of sp³-hybridized carbons (Fsp3) is 0.455. The fourth-order valence-corrected chi connectivity index (χ4v) is 2.17. The Morgan fingerprint density at radius 1 is 1.53 bits per heavy atom. The van der Waals surface area contributed by atoms with Crippen LogP contribution in [0.1, 0.15) is 12.8 Å². The molecule has 0 radical (unpaired) electrons. The molecule has 0 aliphatic carbocycles. The van der Waals surface area contributed by atoms with E-state index in [-0.39, 0.29) is 11.1 Å². The van der Waals surface area contributed by atoms with Gasteiger partial charge in [-0.05, 0) is 12.8 Å². The van der Waals surface area contributed by atoms with Gasteiger partial charge in [0.15, 0.2) is 5.82 Å². The first-order valence-corrected chi connectivity index (χ1v) is 5.74. The number of aromatic nitrogens is 1. The van der Waals surface area contributed by atoms with Crippen molar-refractivity contribution >= 4 is 23.3 Å². The monoisotopic (exact) mass is 258 g/mol. The molecule has 0 bridgehead atoms. The molecule has 0 unspecified atom stereocenters. The number of halogens is 2. The molecule has 1 saturated heterocycles. The highest BCUT2D eigenvalue weighted by Crippen LogP contribution is 2.27. The van der Waals surface area contributed by atoms with Crippen molar-refractivity contribution in [3.8, 4) is 0 Å². The number of nitrogens with zero attached hydrogens (tertiary/aromatic N) is 2. The van der Waals surface area contributed by atoms with Crippen molar-refractivity contribution in [2.24, 2.45) is 5.92 Å². The summed E-state index contributed by atoms with van der Waals surface area (Å²) in [5.41, 5.74) is 0.397. The zero-order valence-electron chi connectivity index (χ0n) is 9.07. The Morgan fingerprint density at radius 3 is 2.76 bits per heavy atom. The van der Waals surface area contributed by atoms with Gasteiger partial charge in [-0.2, -0.15) is 0 Å². The van der Waals surface area contributed by atoms with E-state index < -0.39 is 11.8 Å². The Bertz CT molecular complexity index is 433. The van der Waals surface area contributed by atoms with Gasteiger partial charge in [0.1, 0.15) is 5.15 Å². The summed E-state index contributed by atoms with van der Waals surface area (Å²) < 4.78 is 13.5. The summed E-state index contributed by atoms with van der Waals surface area (Å²) in [5.74, 6) is -1.53. The molecular formula is C11H12ClFN2O2. The van der Waals surface area contributed by atoms with Crippen molar-refractivity contribution in [3.63, 3.8) is 0 Å². The number of rotatable bonds is 2. The van der Waals surface area contributed by atoms with Crippen LogP contribution in [0.3, 0.4) is 0 Å². The van der Waals surface area contributed by atoms with Crippen LogP contribution in [0.2, 0.25) is 5.15 Å². The lowest BCUT2D eigenvalue weighted by atomic mass is 9.97. The molecule has 0 amide bonds. The number of carboxylic acid groups (broad SMARTS) is 1. The first kappa shape index (κ1) is 12.1. The minimum atomic E-state index is -0.780. The lowest BCUT2D eigenvalue weighted by Crippen LogP contribution is -2.36. The van der Waals surface area contributed by atoms with Crippen molar-refractivity contribution in [1.82, 2.24) is 4.98 Å². The van der Waals surface area contributed by atoms with Crippen LogP contribution in [-0.4, -0.2) is 29.1 Å². The van der Waals surface area contributed by atoms with Crippen LogP contribution in [0, 0.1) is 11.7 Å². The van der Waals surface area contributed by atoms with Gasteiger partial charge in [-0.1, -0.05) is 11.6 Å². The average Bonchev–Trinajstić information content (AvgIpc) is 2.32. The maximum atomic E-state index is 13.5. The Labute approximate surface area is 103 Å². The fourth-order valence-electron chi connectivity index (χ4n) is 2.01. The van der Waals surface area contributed by atoms with E-state index in [9.17, 15) is 9.18 Å². The maximum Gasteiger partial charge on any atom is 0.306 e. The molecule has 92 valence electrons. The van der Waals surface area contributed by atoms with E-state index in [2.05, 4.69) is 4.98 Å². The van der Waals surface area contributed by atoms with E-state index in [0.29, 0.717) is 31.6 Å². The van der Waals surface area contributed by atoms with Crippen molar-refractivity contribution < 1.29 is 14.3 Å². The molecule has 1 aliphatic heterocycles. The van der Waals surface area contributed by atoms with E-state index in [4.69, 9.17) is 16.7 Å². The Hall–Kier alpha value is -1.36. The summed E-state index contributed by atoms with van der Waals surface area (Å²) in [4.78, 5) is 16.2. The van der Waals surface area contributed by atoms with Crippen LogP contribution < -0.4 is 4.90 Å². The van der Waals surface area contributed by atoms with E-state index in [1.54, 1.807) is 0 Å². The van der Waals surface area contributed by atoms with Gasteiger partial charge >= 0.3 is 5.97 Å². The average molecular weight is 259 g/mol. The molecule has 1 N–H and O–H groups in total. The Kier molecular flexibility index (Phi) is 3.47. The molecule has 1 fully saturated rings. The van der Waals surface area contributed by atoms with Crippen LogP contribution in [-0.2, 0) is 4.79 Å². The van der Waals surface area contributed by atoms with E-state index in [0.717, 1.165) is 6.20 Å². The SMILES string of the molecule is O=C(O)C1CCN(c2cc(Cl)ncc2F)CC1. The molecule has 2 rings (SSSR count). The van der Waals surface area contributed by atoms with Crippen molar-refractivity contribution in [2.75, 3.05) is 18.0 Å². The standard InChI is InChI=1S/C11H12ClFN2O2/c12-10-5-9(8(13)6-14-10)15-3-1-7(2-4-15)11(16)17/h5-7H,1-4H2,(H,16,17). The summed E-state index contributed by atoms with van der Waals surface area (Å²) in [6.45, 7) is 1.04. The highest BCUT2D eigenvalue weighted by Gasteiger charge is 2.25. The number of pyridine rings is 1. The van der Waals surface area contributed by atoms with Crippen LogP contribution >= 0.6 is 11.6 Å². The number of aliphatic carboxylic acids is 1. The smallest absolute Gasteiger partial charge is 0.306 e. The van der Waals surface area contributed by atoms with Crippen LogP contribution in [0.15, 0.2) is 12.3 Å². The molecule has 0 saturated carbocycles. The number of carboxylic acids is 1. The van der Waals surface area contributed by atoms with Gasteiger partial charge in [-0.3, -0.25) is 4.79 Å². The first-order chi connectivity index (χ1) is 8.08. The largest absolute Gasteiger partial charge is 0.481 e. The van der Waals surface area contributed by atoms with Crippen LogP contribution in [0.4, 0.5) is 10.1 Å². The van der Waals surface area contributed by atoms with E-state index in [1.165, 1.54) is 6.07 Å². The maximum absolute atomic E-state index is 13.5. The zero-order chi connectivity index (χ0) is 12.4. The number of hydrogen-bond donors (Lipinski definition) is 1. The van der Waals surface area contributed by atoms with Crippen molar-refractivity contribution in [3.05, 3.63) is 23.2 Å². The van der Waals surface area contributed by atoms with Gasteiger partial charge in [0.2, 0.25) is 0 Å². The van der Waals surface area contributed by atoms with Gasteiger partial charge in [-0.15, -0.1) is 0 Å². The molecule has 0 spiro atoms. The molecule has 1 aromatic heterocycles. The van der Waals surface area contributed by atoms with E-state index >= 15 is 0 Å². The van der Waals surface area contributed by atoms with Gasteiger partial charge in [0.05, 0.1) is 17.8 Å². The third kappa shape index (κ3) is 2.66. The Balaban J connectivity index is 2.10. The van der Waals surface area contributed by atoms with Crippen molar-refractivity contribution in [2.45, 2.75) is 12.8 Å². The van der Waals surface area contributed by atoms with Gasteiger partial charge < -0.3 is 10.0 Å². The molecule has 17 heavy (non-hydrogen) atoms. The number of carbonyl (C=O) groups is 1. The molecule has 1 aromatic rings. The predicted octanol–water partition coefficient (Wildman–Crippen LogP) is 2.18. The Morgan fingerprint density at radius 2 is 2.18 bits per heavy atom. The minimum absolute atomic E-state index is 0.238. The molecule has 0 aromatic carbocycles. The third-order valence-corrected chi connectivity index (χ3v) is 3.19. The lowest BCUT2D eigenvalue weighted by molar-refractivity contribution is -0.142. The first-order valence-electron chi connectivity index (χ1n) is 5.36. The second-order valence-corrected chi connectivity index (χ2v) is 4.45. The lowest BCUT2D eigenvalue weighted by Gasteiger charge is -2.32. The summed E-state index contributed by atoms with van der Waals surface area (Å²) in [7, 11) is 0. The highest BCUT2D eigenvalue weighted by atomic mass is 35.5. The van der Waals surface area contributed by atoms with Crippen LogP contribution in [0.25, 0.3) is 0 Å². The quantitative estimate of drug-likeness (QED) is 0.826. The molecule has 6 heteroatoms. The predicted molar refractivity (Wildman–Crippen MR) is 61.8 cm³/mol. The van der Waals surface area contributed by atoms with Gasteiger partial charge in [0.25, 0.3) is 0 Å². The minimum Gasteiger partial charge on any atom is -0.481 e. The van der Waals surface area contributed by atoms with E-state index in [1.807, 2.05) is 4.90 Å². The summed E-state index contributed by atoms with van der Waals surface area (Å²) in [5, 5.41) is 9.11. The number of hydrogen-bond acceptors (Lipinski definition) is 3. The summed E-state index contributed by atoms with van der Waals surface area (Å²) in [6, 6.07) is 1.47. The number of anilines is 1. The molecule has 0 atom stereocenters. The van der Waals surface area contributed by atoms with Gasteiger partial charge in [-0.25, -0.2) is 9.37 Å². The van der Waals surface area contributed by atoms with Gasteiger partial charge in [0, 0.05) is 19.2 Å². The third-order valence-electron chi connectivity index (χ3n) is 2.99. The second kappa shape index (κ2) is 4.87. The summed E-state index contributed by atoms with van der Waals surface area (Å²) >= 11 is 5.72. The second-order valence-electron chi connectivity index (χ2n) is 4.06. The topological polar surface area (TPSA) is 53.4 Å².